The molecule has 0 spiro atoms. The van der Waals surface area contributed by atoms with E-state index in [9.17, 15) is 9.18 Å². The Balaban J connectivity index is 1.65. The topological polar surface area (TPSA) is 38.3 Å². The first-order valence-corrected chi connectivity index (χ1v) is 7.83. The van der Waals surface area contributed by atoms with Crippen LogP contribution in [0.25, 0.3) is 0 Å². The fraction of sp³-hybridized carbons (Fsp3) is 0.588. The number of carbonyl (C=O) groups is 1. The van der Waals surface area contributed by atoms with Gasteiger partial charge in [-0.2, -0.15) is 0 Å². The van der Waals surface area contributed by atoms with E-state index in [-0.39, 0.29) is 23.7 Å². The summed E-state index contributed by atoms with van der Waals surface area (Å²) in [7, 11) is 0. The predicted molar refractivity (Wildman–Crippen MR) is 78.0 cm³/mol. The number of fused-ring (bicyclic) bond motifs is 2. The fourth-order valence-electron chi connectivity index (χ4n) is 4.00. The van der Waals surface area contributed by atoms with Gasteiger partial charge in [-0.05, 0) is 55.7 Å². The number of halogens is 1. The molecule has 0 aromatic heterocycles. The third-order valence-corrected chi connectivity index (χ3v) is 4.93. The molecule has 114 valence electrons. The maximum Gasteiger partial charge on any atom is 0.310 e. The highest BCUT2D eigenvalue weighted by molar-refractivity contribution is 5.74. The van der Waals surface area contributed by atoms with Crippen LogP contribution in [0.15, 0.2) is 24.3 Å². The van der Waals surface area contributed by atoms with Gasteiger partial charge in [0.25, 0.3) is 0 Å². The Bertz CT molecular complexity index is 502. The normalized spacial score (nSPS) is 30.6. The van der Waals surface area contributed by atoms with E-state index in [4.69, 9.17) is 4.74 Å². The minimum absolute atomic E-state index is 0.0100. The number of carbonyl (C=O) groups excluding carboxylic acids is 1. The van der Waals surface area contributed by atoms with Crippen LogP contribution in [-0.2, 0) is 16.1 Å². The van der Waals surface area contributed by atoms with Crippen molar-refractivity contribution < 1.29 is 13.9 Å². The molecule has 4 unspecified atom stereocenters. The van der Waals surface area contributed by atoms with Crippen LogP contribution < -0.4 is 5.32 Å². The van der Waals surface area contributed by atoms with Gasteiger partial charge in [0.1, 0.15) is 5.82 Å². The molecule has 0 aliphatic heterocycles. The second kappa shape index (κ2) is 6.14. The highest BCUT2D eigenvalue weighted by Gasteiger charge is 2.51. The predicted octanol–water partition coefficient (Wildman–Crippen LogP) is 2.89. The first-order valence-electron chi connectivity index (χ1n) is 7.83. The van der Waals surface area contributed by atoms with E-state index in [2.05, 4.69) is 5.32 Å². The number of rotatable bonds is 5. The van der Waals surface area contributed by atoms with Gasteiger partial charge in [-0.25, -0.2) is 4.39 Å². The molecule has 3 nitrogen and oxygen atoms in total. The van der Waals surface area contributed by atoms with Crippen LogP contribution in [-0.4, -0.2) is 18.6 Å². The average Bonchev–Trinajstić information content (AvgIpc) is 3.07. The molecule has 4 atom stereocenters. The molecule has 2 bridgehead atoms. The van der Waals surface area contributed by atoms with E-state index < -0.39 is 0 Å². The molecule has 4 heteroatoms. The summed E-state index contributed by atoms with van der Waals surface area (Å²) in [5.74, 6) is 0.762. The van der Waals surface area contributed by atoms with E-state index in [1.54, 1.807) is 12.1 Å². The molecular weight excluding hydrogens is 269 g/mol. The van der Waals surface area contributed by atoms with Gasteiger partial charge in [-0.3, -0.25) is 4.79 Å². The minimum atomic E-state index is -0.219. The molecule has 0 heterocycles. The van der Waals surface area contributed by atoms with Crippen LogP contribution in [0.1, 0.15) is 31.7 Å². The van der Waals surface area contributed by atoms with Crippen molar-refractivity contribution in [1.82, 2.24) is 5.32 Å². The second-order valence-electron chi connectivity index (χ2n) is 6.14. The van der Waals surface area contributed by atoms with Crippen molar-refractivity contribution in [2.24, 2.45) is 17.8 Å². The first kappa shape index (κ1) is 14.5. The smallest absolute Gasteiger partial charge is 0.310 e. The van der Waals surface area contributed by atoms with E-state index in [0.29, 0.717) is 25.0 Å². The lowest BCUT2D eigenvalue weighted by Gasteiger charge is -2.30. The van der Waals surface area contributed by atoms with Crippen LogP contribution in [0.3, 0.4) is 0 Å². The number of benzene rings is 1. The fourth-order valence-corrected chi connectivity index (χ4v) is 4.00. The van der Waals surface area contributed by atoms with Gasteiger partial charge in [0.05, 0.1) is 12.5 Å². The summed E-state index contributed by atoms with van der Waals surface area (Å²) in [6, 6.07) is 6.72. The van der Waals surface area contributed by atoms with E-state index in [1.165, 1.54) is 18.6 Å². The van der Waals surface area contributed by atoms with Gasteiger partial charge >= 0.3 is 5.97 Å². The third-order valence-electron chi connectivity index (χ3n) is 4.93. The van der Waals surface area contributed by atoms with Crippen molar-refractivity contribution in [2.45, 2.75) is 38.8 Å². The van der Waals surface area contributed by atoms with Crippen LogP contribution in [0.5, 0.6) is 0 Å². The van der Waals surface area contributed by atoms with Crippen LogP contribution >= 0.6 is 0 Å². The lowest BCUT2D eigenvalue weighted by Crippen LogP contribution is -2.44. The molecule has 2 saturated carbocycles. The van der Waals surface area contributed by atoms with E-state index in [0.717, 1.165) is 18.4 Å². The van der Waals surface area contributed by atoms with Gasteiger partial charge in [0.15, 0.2) is 0 Å². The summed E-state index contributed by atoms with van der Waals surface area (Å²) in [6.45, 7) is 2.97. The van der Waals surface area contributed by atoms with Crippen molar-refractivity contribution in [3.63, 3.8) is 0 Å². The van der Waals surface area contributed by atoms with Gasteiger partial charge in [-0.1, -0.05) is 12.1 Å². The maximum absolute atomic E-state index is 12.9. The zero-order chi connectivity index (χ0) is 14.8. The molecule has 2 aliphatic carbocycles. The van der Waals surface area contributed by atoms with Gasteiger partial charge in [-0.15, -0.1) is 0 Å². The Kier molecular flexibility index (Phi) is 4.24. The zero-order valence-corrected chi connectivity index (χ0v) is 12.3. The Morgan fingerprint density at radius 2 is 2.00 bits per heavy atom. The molecule has 21 heavy (non-hydrogen) atoms. The number of hydrogen-bond donors (Lipinski definition) is 1. The van der Waals surface area contributed by atoms with Crippen molar-refractivity contribution in [2.75, 3.05) is 6.61 Å². The Labute approximate surface area is 124 Å². The standard InChI is InChI=1S/C17H22FNO2/c1-2-21-17(20)15-12-5-6-13(9-12)16(15)19-10-11-3-7-14(18)8-4-11/h3-4,7-8,12-13,15-16,19H,2,5-6,9-10H2,1H3. The zero-order valence-electron chi connectivity index (χ0n) is 12.3. The highest BCUT2D eigenvalue weighted by atomic mass is 19.1. The number of hydrogen-bond acceptors (Lipinski definition) is 3. The minimum Gasteiger partial charge on any atom is -0.466 e. The molecule has 2 aliphatic rings. The van der Waals surface area contributed by atoms with Gasteiger partial charge in [0, 0.05) is 12.6 Å². The SMILES string of the molecule is CCOC(=O)C1C2CCC(C2)C1NCc1ccc(F)cc1. The summed E-state index contributed by atoms with van der Waals surface area (Å²) in [4.78, 5) is 12.2. The van der Waals surface area contributed by atoms with E-state index in [1.807, 2.05) is 6.92 Å². The number of esters is 1. The van der Waals surface area contributed by atoms with Crippen molar-refractivity contribution in [1.29, 1.82) is 0 Å². The molecule has 1 N–H and O–H groups in total. The van der Waals surface area contributed by atoms with Gasteiger partial charge in [0.2, 0.25) is 0 Å². The molecule has 0 saturated heterocycles. The Morgan fingerprint density at radius 1 is 1.29 bits per heavy atom. The molecule has 1 aromatic rings. The second-order valence-corrected chi connectivity index (χ2v) is 6.14. The van der Waals surface area contributed by atoms with Crippen molar-refractivity contribution >= 4 is 5.97 Å². The Morgan fingerprint density at radius 3 is 2.71 bits per heavy atom. The molecular formula is C17H22FNO2. The Hall–Kier alpha value is -1.42. The average molecular weight is 291 g/mol. The largest absolute Gasteiger partial charge is 0.466 e. The summed E-state index contributed by atoms with van der Waals surface area (Å²) in [6.07, 6.45) is 3.47. The highest BCUT2D eigenvalue weighted by Crippen LogP contribution is 2.49. The third kappa shape index (κ3) is 2.95. The number of nitrogens with one attached hydrogen (secondary N) is 1. The van der Waals surface area contributed by atoms with E-state index >= 15 is 0 Å². The monoisotopic (exact) mass is 291 g/mol. The van der Waals surface area contributed by atoms with Crippen LogP contribution in [0.4, 0.5) is 4.39 Å². The lowest BCUT2D eigenvalue weighted by atomic mass is 9.84. The van der Waals surface area contributed by atoms with Crippen molar-refractivity contribution in [3.05, 3.63) is 35.6 Å². The first-order chi connectivity index (χ1) is 10.2. The summed E-state index contributed by atoms with van der Waals surface area (Å²) < 4.78 is 18.2. The molecule has 2 fully saturated rings. The molecule has 3 rings (SSSR count). The molecule has 1 aromatic carbocycles. The summed E-state index contributed by atoms with van der Waals surface area (Å²) in [5, 5.41) is 3.51. The number of ether oxygens (including phenoxy) is 1. The van der Waals surface area contributed by atoms with Crippen LogP contribution in [0, 0.1) is 23.6 Å². The van der Waals surface area contributed by atoms with Gasteiger partial charge < -0.3 is 10.1 Å². The van der Waals surface area contributed by atoms with Crippen LogP contribution in [0.2, 0.25) is 0 Å². The molecule has 0 radical (unpaired) electrons. The maximum atomic E-state index is 12.9. The summed E-state index contributed by atoms with van der Waals surface area (Å²) >= 11 is 0. The molecule has 0 amide bonds. The van der Waals surface area contributed by atoms with Crippen molar-refractivity contribution in [3.8, 4) is 0 Å². The lowest BCUT2D eigenvalue weighted by molar-refractivity contribution is -0.150. The summed E-state index contributed by atoms with van der Waals surface area (Å²) in [5.41, 5.74) is 1.04. The quantitative estimate of drug-likeness (QED) is 0.848.